The van der Waals surface area contributed by atoms with Crippen LogP contribution in [0.4, 0.5) is 0 Å². The van der Waals surface area contributed by atoms with Gasteiger partial charge in [0.2, 0.25) is 0 Å². The van der Waals surface area contributed by atoms with Crippen LogP contribution in [0.1, 0.15) is 46.5 Å². The fraction of sp³-hybridized carbons (Fsp3) is 0.812. The third kappa shape index (κ3) is 5.77. The molecule has 0 aliphatic heterocycles. The van der Waals surface area contributed by atoms with Gasteiger partial charge in [0.25, 0.3) is 0 Å². The Bertz CT molecular complexity index is 286. The van der Waals surface area contributed by atoms with Gasteiger partial charge in [0, 0.05) is 12.5 Å². The molecule has 3 heteroatoms. The van der Waals surface area contributed by atoms with E-state index < -0.39 is 0 Å². The number of esters is 1. The molecule has 1 aliphatic rings. The van der Waals surface area contributed by atoms with E-state index in [0.717, 1.165) is 18.8 Å². The van der Waals surface area contributed by atoms with Gasteiger partial charge in [-0.1, -0.05) is 33.8 Å². The van der Waals surface area contributed by atoms with Crippen molar-refractivity contribution in [2.24, 2.45) is 17.8 Å². The molecule has 0 N–H and O–H groups in total. The van der Waals surface area contributed by atoms with Crippen LogP contribution in [0, 0.1) is 17.8 Å². The highest BCUT2D eigenvalue weighted by molar-refractivity contribution is 5.81. The maximum atomic E-state index is 10.9. The number of hydrogen-bond acceptors (Lipinski definition) is 3. The van der Waals surface area contributed by atoms with E-state index in [1.807, 2.05) is 0 Å². The molecule has 3 atom stereocenters. The molecular formula is C16H28O3. The van der Waals surface area contributed by atoms with Gasteiger partial charge < -0.3 is 9.47 Å². The molecule has 0 saturated heterocycles. The molecule has 1 fully saturated rings. The predicted molar refractivity (Wildman–Crippen MR) is 76.9 cm³/mol. The summed E-state index contributed by atoms with van der Waals surface area (Å²) in [4.78, 5) is 10.9. The lowest BCUT2D eigenvalue weighted by atomic mass is 9.75. The normalized spacial score (nSPS) is 27.3. The van der Waals surface area contributed by atoms with Crippen LogP contribution in [0.3, 0.4) is 0 Å². The van der Waals surface area contributed by atoms with Crippen molar-refractivity contribution in [3.05, 3.63) is 12.7 Å². The van der Waals surface area contributed by atoms with Gasteiger partial charge in [0.05, 0.1) is 19.3 Å². The van der Waals surface area contributed by atoms with Crippen molar-refractivity contribution in [2.75, 3.05) is 13.2 Å². The third-order valence-electron chi connectivity index (χ3n) is 3.99. The summed E-state index contributed by atoms with van der Waals surface area (Å²) in [7, 11) is 0. The first-order valence-electron chi connectivity index (χ1n) is 7.45. The van der Waals surface area contributed by atoms with E-state index in [1.54, 1.807) is 0 Å². The molecule has 0 aromatic heterocycles. The molecule has 1 aliphatic carbocycles. The van der Waals surface area contributed by atoms with Crippen molar-refractivity contribution < 1.29 is 14.3 Å². The monoisotopic (exact) mass is 268 g/mol. The Balaban J connectivity index is 2.24. The third-order valence-corrected chi connectivity index (χ3v) is 3.99. The second-order valence-corrected chi connectivity index (χ2v) is 5.96. The summed E-state index contributed by atoms with van der Waals surface area (Å²) < 4.78 is 11.0. The summed E-state index contributed by atoms with van der Waals surface area (Å²) >= 11 is 0. The molecule has 0 radical (unpaired) electrons. The molecule has 3 nitrogen and oxygen atoms in total. The molecule has 0 aromatic carbocycles. The van der Waals surface area contributed by atoms with Crippen LogP contribution >= 0.6 is 0 Å². The zero-order valence-electron chi connectivity index (χ0n) is 12.6. The number of ether oxygens (including phenoxy) is 2. The topological polar surface area (TPSA) is 35.5 Å². The molecule has 19 heavy (non-hydrogen) atoms. The lowest BCUT2D eigenvalue weighted by Gasteiger charge is -2.37. The first-order valence-corrected chi connectivity index (χ1v) is 7.45. The molecule has 3 unspecified atom stereocenters. The average molecular weight is 268 g/mol. The van der Waals surface area contributed by atoms with E-state index >= 15 is 0 Å². The van der Waals surface area contributed by atoms with Gasteiger partial charge in [0.1, 0.15) is 0 Å². The van der Waals surface area contributed by atoms with Gasteiger partial charge in [0.15, 0.2) is 0 Å². The number of carbonyl (C=O) groups is 1. The van der Waals surface area contributed by atoms with Crippen LogP contribution in [0.15, 0.2) is 12.7 Å². The van der Waals surface area contributed by atoms with Crippen molar-refractivity contribution in [1.82, 2.24) is 0 Å². The average Bonchev–Trinajstić information content (AvgIpc) is 2.37. The van der Waals surface area contributed by atoms with Crippen LogP contribution in [-0.2, 0) is 14.3 Å². The highest BCUT2D eigenvalue weighted by Gasteiger charge is 2.31. The quantitative estimate of drug-likeness (QED) is 0.402. The van der Waals surface area contributed by atoms with Gasteiger partial charge in [-0.3, -0.25) is 0 Å². The Kier molecular flexibility index (Phi) is 7.14. The Hall–Kier alpha value is -0.830. The van der Waals surface area contributed by atoms with Crippen LogP contribution in [0.2, 0.25) is 0 Å². The SMILES string of the molecule is C=CC(=O)OCCCOC1CC(C)CCC1C(C)C. The minimum absolute atomic E-state index is 0.355. The summed E-state index contributed by atoms with van der Waals surface area (Å²) in [5.74, 6) is 1.76. The van der Waals surface area contributed by atoms with Crippen molar-refractivity contribution in [2.45, 2.75) is 52.6 Å². The lowest BCUT2D eigenvalue weighted by Crippen LogP contribution is -2.34. The van der Waals surface area contributed by atoms with Crippen molar-refractivity contribution >= 4 is 5.97 Å². The molecular weight excluding hydrogens is 240 g/mol. The molecule has 0 spiro atoms. The second-order valence-electron chi connectivity index (χ2n) is 5.96. The lowest BCUT2D eigenvalue weighted by molar-refractivity contribution is -0.138. The standard InChI is InChI=1S/C16H28O3/c1-5-16(17)19-10-6-9-18-15-11-13(4)7-8-14(15)12(2)3/h5,12-15H,1,6-11H2,2-4H3. The summed E-state index contributed by atoms with van der Waals surface area (Å²) in [6.07, 6.45) is 6.08. The number of hydrogen-bond donors (Lipinski definition) is 0. The fourth-order valence-electron chi connectivity index (χ4n) is 2.83. The van der Waals surface area contributed by atoms with E-state index in [0.29, 0.717) is 31.2 Å². The molecule has 0 bridgehead atoms. The van der Waals surface area contributed by atoms with Gasteiger partial charge in [-0.15, -0.1) is 0 Å². The van der Waals surface area contributed by atoms with Gasteiger partial charge in [-0.2, -0.15) is 0 Å². The highest BCUT2D eigenvalue weighted by atomic mass is 16.5. The van der Waals surface area contributed by atoms with Crippen LogP contribution in [-0.4, -0.2) is 25.3 Å². The summed E-state index contributed by atoms with van der Waals surface area (Å²) in [6.45, 7) is 11.3. The molecule has 1 rings (SSSR count). The largest absolute Gasteiger partial charge is 0.462 e. The maximum absolute atomic E-state index is 10.9. The molecule has 110 valence electrons. The van der Waals surface area contributed by atoms with Gasteiger partial charge >= 0.3 is 5.97 Å². The fourth-order valence-corrected chi connectivity index (χ4v) is 2.83. The molecule has 0 amide bonds. The molecule has 0 heterocycles. The smallest absolute Gasteiger partial charge is 0.330 e. The van der Waals surface area contributed by atoms with Gasteiger partial charge in [-0.25, -0.2) is 4.79 Å². The van der Waals surface area contributed by atoms with E-state index in [2.05, 4.69) is 27.4 Å². The Morgan fingerprint density at radius 3 is 2.74 bits per heavy atom. The first kappa shape index (κ1) is 16.2. The summed E-state index contributed by atoms with van der Waals surface area (Å²) in [5, 5.41) is 0. The van der Waals surface area contributed by atoms with Gasteiger partial charge in [-0.05, 0) is 30.6 Å². The van der Waals surface area contributed by atoms with Crippen molar-refractivity contribution in [3.63, 3.8) is 0 Å². The minimum atomic E-state index is -0.355. The van der Waals surface area contributed by atoms with E-state index in [4.69, 9.17) is 9.47 Å². The molecule has 1 saturated carbocycles. The Morgan fingerprint density at radius 2 is 2.11 bits per heavy atom. The Morgan fingerprint density at radius 1 is 1.37 bits per heavy atom. The van der Waals surface area contributed by atoms with Crippen LogP contribution in [0.25, 0.3) is 0 Å². The minimum Gasteiger partial charge on any atom is -0.462 e. The van der Waals surface area contributed by atoms with E-state index in [1.165, 1.54) is 18.9 Å². The predicted octanol–water partition coefficient (Wildman–Crippen LogP) is 3.58. The van der Waals surface area contributed by atoms with Crippen molar-refractivity contribution in [3.8, 4) is 0 Å². The van der Waals surface area contributed by atoms with E-state index in [-0.39, 0.29) is 5.97 Å². The zero-order chi connectivity index (χ0) is 14.3. The highest BCUT2D eigenvalue weighted by Crippen LogP contribution is 2.35. The number of carbonyl (C=O) groups excluding carboxylic acids is 1. The zero-order valence-corrected chi connectivity index (χ0v) is 12.6. The number of rotatable bonds is 7. The maximum Gasteiger partial charge on any atom is 0.330 e. The molecule has 0 aromatic rings. The van der Waals surface area contributed by atoms with E-state index in [9.17, 15) is 4.79 Å². The summed E-state index contributed by atoms with van der Waals surface area (Å²) in [6, 6.07) is 0. The van der Waals surface area contributed by atoms with Crippen LogP contribution in [0.5, 0.6) is 0 Å². The Labute approximate surface area is 117 Å². The van der Waals surface area contributed by atoms with Crippen LogP contribution < -0.4 is 0 Å². The summed E-state index contributed by atoms with van der Waals surface area (Å²) in [5.41, 5.74) is 0. The van der Waals surface area contributed by atoms with Crippen molar-refractivity contribution in [1.29, 1.82) is 0 Å². The first-order chi connectivity index (χ1) is 9.04. The second kappa shape index (κ2) is 8.36.